The van der Waals surface area contributed by atoms with Crippen molar-refractivity contribution >= 4 is 40.6 Å². The molecule has 1 heterocycles. The van der Waals surface area contributed by atoms with E-state index in [9.17, 15) is 0 Å². The van der Waals surface area contributed by atoms with Gasteiger partial charge in [0.1, 0.15) is 5.82 Å². The maximum absolute atomic E-state index is 6.21. The fourth-order valence-corrected chi connectivity index (χ4v) is 2.37. The molecule has 0 fully saturated rings. The minimum atomic E-state index is 0.411. The summed E-state index contributed by atoms with van der Waals surface area (Å²) in [6, 6.07) is 9.56. The normalized spacial score (nSPS) is 10.5. The van der Waals surface area contributed by atoms with Crippen LogP contribution >= 0.6 is 34.8 Å². The van der Waals surface area contributed by atoms with E-state index in [1.54, 1.807) is 6.20 Å². The highest BCUT2D eigenvalue weighted by Crippen LogP contribution is 2.25. The topological polar surface area (TPSA) is 16.1 Å². The molecule has 0 amide bonds. The van der Waals surface area contributed by atoms with Crippen LogP contribution < -0.4 is 4.90 Å². The Hall–Kier alpha value is -0.960. The number of hydrogen-bond donors (Lipinski definition) is 0. The van der Waals surface area contributed by atoms with Gasteiger partial charge in [0.25, 0.3) is 0 Å². The molecule has 2 rings (SSSR count). The van der Waals surface area contributed by atoms with E-state index in [-0.39, 0.29) is 0 Å². The molecule has 1 aromatic heterocycles. The van der Waals surface area contributed by atoms with Gasteiger partial charge in [0.15, 0.2) is 0 Å². The van der Waals surface area contributed by atoms with Crippen molar-refractivity contribution < 1.29 is 0 Å². The van der Waals surface area contributed by atoms with Gasteiger partial charge in [-0.1, -0.05) is 35.3 Å². The number of nitrogens with zero attached hydrogens (tertiary/aromatic N) is 2. The molecule has 0 bridgehead atoms. The van der Waals surface area contributed by atoms with Crippen molar-refractivity contribution in [1.82, 2.24) is 4.98 Å². The predicted molar refractivity (Wildman–Crippen MR) is 82.4 cm³/mol. The number of alkyl halides is 1. The molecule has 100 valence electrons. The molecule has 0 aliphatic rings. The molecule has 5 heteroatoms. The molecule has 19 heavy (non-hydrogen) atoms. The van der Waals surface area contributed by atoms with E-state index in [2.05, 4.69) is 4.98 Å². The van der Waals surface area contributed by atoms with Gasteiger partial charge in [0.2, 0.25) is 0 Å². The predicted octanol–water partition coefficient (Wildman–Crippen LogP) is 4.76. The second-order valence-electron chi connectivity index (χ2n) is 4.27. The van der Waals surface area contributed by atoms with Gasteiger partial charge < -0.3 is 4.90 Å². The van der Waals surface area contributed by atoms with E-state index in [0.717, 1.165) is 22.0 Å². The van der Waals surface area contributed by atoms with E-state index in [1.165, 1.54) is 0 Å². The first kappa shape index (κ1) is 14.4. The summed E-state index contributed by atoms with van der Waals surface area (Å²) >= 11 is 17.8. The van der Waals surface area contributed by atoms with E-state index >= 15 is 0 Å². The average molecular weight is 316 g/mol. The zero-order chi connectivity index (χ0) is 13.8. The highest BCUT2D eigenvalue weighted by molar-refractivity contribution is 6.33. The molecule has 0 aliphatic heterocycles. The molecule has 0 N–H and O–H groups in total. The number of rotatable bonds is 4. The van der Waals surface area contributed by atoms with Crippen LogP contribution in [0.3, 0.4) is 0 Å². The molecule has 2 aromatic rings. The van der Waals surface area contributed by atoms with E-state index in [0.29, 0.717) is 17.4 Å². The maximum atomic E-state index is 6.21. The number of halogens is 3. The van der Waals surface area contributed by atoms with Crippen LogP contribution in [0.4, 0.5) is 5.82 Å². The molecule has 0 atom stereocenters. The van der Waals surface area contributed by atoms with Crippen LogP contribution in [0.15, 0.2) is 36.5 Å². The molecule has 0 saturated carbocycles. The van der Waals surface area contributed by atoms with Gasteiger partial charge in [-0.25, -0.2) is 4.98 Å². The van der Waals surface area contributed by atoms with Crippen LogP contribution in [-0.4, -0.2) is 12.0 Å². The van der Waals surface area contributed by atoms with Crippen LogP contribution in [0.1, 0.15) is 11.1 Å². The smallest absolute Gasteiger partial charge is 0.147 e. The largest absolute Gasteiger partial charge is 0.354 e. The molecule has 0 spiro atoms. The number of pyridine rings is 1. The lowest BCUT2D eigenvalue weighted by atomic mass is 10.2. The Bertz CT molecular complexity index is 555. The van der Waals surface area contributed by atoms with Gasteiger partial charge in [-0.3, -0.25) is 0 Å². The first-order valence-corrected chi connectivity index (χ1v) is 7.05. The zero-order valence-electron chi connectivity index (χ0n) is 10.4. The molecule has 0 radical (unpaired) electrons. The third-order valence-corrected chi connectivity index (χ3v) is 3.57. The van der Waals surface area contributed by atoms with Gasteiger partial charge in [-0.2, -0.15) is 0 Å². The minimum Gasteiger partial charge on any atom is -0.354 e. The summed E-state index contributed by atoms with van der Waals surface area (Å²) in [7, 11) is 1.95. The van der Waals surface area contributed by atoms with E-state index in [4.69, 9.17) is 34.8 Å². The Balaban J connectivity index is 2.15. The Morgan fingerprint density at radius 3 is 2.37 bits per heavy atom. The van der Waals surface area contributed by atoms with Gasteiger partial charge in [0.05, 0.1) is 5.02 Å². The molecule has 0 aliphatic carbocycles. The highest BCUT2D eigenvalue weighted by atomic mass is 35.5. The lowest BCUT2D eigenvalue weighted by Gasteiger charge is -2.19. The molecule has 1 aromatic carbocycles. The SMILES string of the molecule is CN(Cc1ccc(Cl)cc1)c1ncc(CCl)cc1Cl. The standard InChI is InChI=1S/C14H13Cl3N2/c1-19(9-10-2-4-12(16)5-3-10)14-13(17)6-11(7-15)8-18-14/h2-6,8H,7,9H2,1H3. The number of benzene rings is 1. The minimum absolute atomic E-state index is 0.411. The van der Waals surface area contributed by atoms with Crippen molar-refractivity contribution in [3.63, 3.8) is 0 Å². The Kier molecular flexibility index (Phi) is 4.92. The number of anilines is 1. The molecule has 0 saturated heterocycles. The Morgan fingerprint density at radius 2 is 1.79 bits per heavy atom. The lowest BCUT2D eigenvalue weighted by Crippen LogP contribution is -2.18. The Morgan fingerprint density at radius 1 is 1.11 bits per heavy atom. The third-order valence-electron chi connectivity index (χ3n) is 2.73. The van der Waals surface area contributed by atoms with Crippen LogP contribution in [0.25, 0.3) is 0 Å². The summed E-state index contributed by atoms with van der Waals surface area (Å²) in [5.74, 6) is 1.15. The van der Waals surface area contributed by atoms with Crippen molar-refractivity contribution in [1.29, 1.82) is 0 Å². The quantitative estimate of drug-likeness (QED) is 0.756. The van der Waals surface area contributed by atoms with Crippen molar-refractivity contribution in [2.75, 3.05) is 11.9 Å². The zero-order valence-corrected chi connectivity index (χ0v) is 12.7. The Labute approximate surface area is 127 Å². The summed E-state index contributed by atoms with van der Waals surface area (Å²) in [6.07, 6.45) is 1.74. The summed E-state index contributed by atoms with van der Waals surface area (Å²) in [4.78, 5) is 6.34. The van der Waals surface area contributed by atoms with Crippen molar-refractivity contribution in [2.24, 2.45) is 0 Å². The van der Waals surface area contributed by atoms with Crippen molar-refractivity contribution in [2.45, 2.75) is 12.4 Å². The monoisotopic (exact) mass is 314 g/mol. The lowest BCUT2D eigenvalue weighted by molar-refractivity contribution is 0.896. The van der Waals surface area contributed by atoms with Crippen molar-refractivity contribution in [3.8, 4) is 0 Å². The fraction of sp³-hybridized carbons (Fsp3) is 0.214. The molecular formula is C14H13Cl3N2. The second kappa shape index (κ2) is 6.47. The maximum Gasteiger partial charge on any atom is 0.147 e. The van der Waals surface area contributed by atoms with E-state index < -0.39 is 0 Å². The van der Waals surface area contributed by atoms with Crippen molar-refractivity contribution in [3.05, 3.63) is 57.7 Å². The first-order chi connectivity index (χ1) is 9.10. The van der Waals surface area contributed by atoms with Crippen LogP contribution in [0.2, 0.25) is 10.0 Å². The average Bonchev–Trinajstić information content (AvgIpc) is 2.41. The number of aromatic nitrogens is 1. The summed E-state index contributed by atoms with van der Waals surface area (Å²) in [5, 5.41) is 1.34. The van der Waals surface area contributed by atoms with Gasteiger partial charge in [-0.05, 0) is 29.3 Å². The summed E-state index contributed by atoms with van der Waals surface area (Å²) in [5.41, 5.74) is 2.06. The third kappa shape index (κ3) is 3.75. The van der Waals surface area contributed by atoms with Crippen LogP contribution in [-0.2, 0) is 12.4 Å². The second-order valence-corrected chi connectivity index (χ2v) is 5.38. The summed E-state index contributed by atoms with van der Waals surface area (Å²) in [6.45, 7) is 0.712. The van der Waals surface area contributed by atoms with Crippen LogP contribution in [0, 0.1) is 0 Å². The fourth-order valence-electron chi connectivity index (χ4n) is 1.76. The highest BCUT2D eigenvalue weighted by Gasteiger charge is 2.09. The van der Waals surface area contributed by atoms with Gasteiger partial charge >= 0.3 is 0 Å². The summed E-state index contributed by atoms with van der Waals surface area (Å²) < 4.78 is 0. The number of hydrogen-bond acceptors (Lipinski definition) is 2. The van der Waals surface area contributed by atoms with E-state index in [1.807, 2.05) is 42.3 Å². The van der Waals surface area contributed by atoms with Crippen LogP contribution in [0.5, 0.6) is 0 Å². The van der Waals surface area contributed by atoms with Gasteiger partial charge in [-0.15, -0.1) is 11.6 Å². The van der Waals surface area contributed by atoms with Gasteiger partial charge in [0, 0.05) is 30.7 Å². The first-order valence-electron chi connectivity index (χ1n) is 5.76. The molecule has 0 unspecified atom stereocenters. The molecular weight excluding hydrogens is 303 g/mol. The molecule has 2 nitrogen and oxygen atoms in total.